The zero-order valence-electron chi connectivity index (χ0n) is 25.1. The standard InChI is InChI=1S/C36H32O9/c1-21-9-5-13-25(17-21)33(29(37)38)34(30(39)40,26-14-6-10-22(2)18-26)36(32(43)44,28-16-8-12-24(4)20-28)45-35(33,31(41)42)27-15-7-11-23(3)19-27/h5-20H,1-4H3,(H,37,38)(H,39,40)(H,41,42)(H,43,44). The van der Waals surface area contributed by atoms with Crippen molar-refractivity contribution in [2.24, 2.45) is 0 Å². The Balaban J connectivity index is 2.25. The van der Waals surface area contributed by atoms with Crippen LogP contribution in [0.4, 0.5) is 0 Å². The highest BCUT2D eigenvalue weighted by molar-refractivity contribution is 6.09. The number of rotatable bonds is 8. The number of benzene rings is 4. The van der Waals surface area contributed by atoms with E-state index >= 15 is 0 Å². The lowest BCUT2D eigenvalue weighted by Crippen LogP contribution is -2.70. The number of hydrogen-bond acceptors (Lipinski definition) is 5. The summed E-state index contributed by atoms with van der Waals surface area (Å²) in [7, 11) is 0. The topological polar surface area (TPSA) is 158 Å². The summed E-state index contributed by atoms with van der Waals surface area (Å²) < 4.78 is 6.52. The average molecular weight is 609 g/mol. The zero-order valence-corrected chi connectivity index (χ0v) is 25.1. The zero-order chi connectivity index (χ0) is 32.9. The first kappa shape index (κ1) is 31.2. The van der Waals surface area contributed by atoms with E-state index in [2.05, 4.69) is 0 Å². The first-order valence-corrected chi connectivity index (χ1v) is 14.2. The number of carboxylic acid groups (broad SMARTS) is 4. The summed E-state index contributed by atoms with van der Waals surface area (Å²) in [5.74, 6) is -7.52. The molecule has 0 spiro atoms. The minimum atomic E-state index is -3.13. The number of ether oxygens (including phenoxy) is 1. The number of aryl methyl sites for hydroxylation is 4. The molecule has 0 saturated carbocycles. The van der Waals surface area contributed by atoms with Gasteiger partial charge in [0, 0.05) is 0 Å². The fourth-order valence-electron chi connectivity index (χ4n) is 7.31. The Labute approximate surface area is 259 Å². The average Bonchev–Trinajstić information content (AvgIpc) is 3.26. The summed E-state index contributed by atoms with van der Waals surface area (Å²) in [6, 6.07) is 23.4. The van der Waals surface area contributed by atoms with Gasteiger partial charge in [0.15, 0.2) is 10.8 Å². The number of hydrogen-bond donors (Lipinski definition) is 4. The molecule has 5 rings (SSSR count). The van der Waals surface area contributed by atoms with E-state index in [0.29, 0.717) is 22.3 Å². The second kappa shape index (κ2) is 10.7. The maximum absolute atomic E-state index is 14.4. The molecule has 4 aromatic rings. The molecule has 0 aliphatic carbocycles. The van der Waals surface area contributed by atoms with Gasteiger partial charge >= 0.3 is 23.9 Å². The van der Waals surface area contributed by atoms with E-state index in [1.54, 1.807) is 52.0 Å². The maximum atomic E-state index is 14.4. The molecule has 1 heterocycles. The van der Waals surface area contributed by atoms with Crippen LogP contribution in [0.2, 0.25) is 0 Å². The molecule has 4 aromatic carbocycles. The summed E-state index contributed by atoms with van der Waals surface area (Å²) in [5.41, 5.74) is -11.4. The quantitative estimate of drug-likeness (QED) is 0.209. The summed E-state index contributed by atoms with van der Waals surface area (Å²) in [6.45, 7) is 6.59. The van der Waals surface area contributed by atoms with Crippen LogP contribution in [0.3, 0.4) is 0 Å². The van der Waals surface area contributed by atoms with Crippen molar-refractivity contribution in [1.82, 2.24) is 0 Å². The SMILES string of the molecule is Cc1cccc(C2(C(=O)O)OC(C(=O)O)(c3cccc(C)c3)C(C(=O)O)(c3cccc(C)c3)C2(C(=O)O)c2cccc(C)c2)c1. The van der Waals surface area contributed by atoms with Gasteiger partial charge in [-0.25, -0.2) is 9.59 Å². The Bertz CT molecular complexity index is 1740. The molecule has 1 fully saturated rings. The fourth-order valence-corrected chi connectivity index (χ4v) is 7.31. The van der Waals surface area contributed by atoms with E-state index in [1.165, 1.54) is 72.8 Å². The van der Waals surface area contributed by atoms with Crippen LogP contribution in [0.5, 0.6) is 0 Å². The fraction of sp³-hybridized carbons (Fsp3) is 0.222. The van der Waals surface area contributed by atoms with Crippen molar-refractivity contribution in [3.05, 3.63) is 142 Å². The van der Waals surface area contributed by atoms with E-state index in [9.17, 15) is 39.6 Å². The van der Waals surface area contributed by atoms with Gasteiger partial charge in [-0.1, -0.05) is 119 Å². The highest BCUT2D eigenvalue weighted by Crippen LogP contribution is 2.71. The Morgan fingerprint density at radius 2 is 0.711 bits per heavy atom. The van der Waals surface area contributed by atoms with Gasteiger partial charge in [-0.15, -0.1) is 0 Å². The molecule has 230 valence electrons. The van der Waals surface area contributed by atoms with E-state index in [4.69, 9.17) is 4.74 Å². The highest BCUT2D eigenvalue weighted by atomic mass is 16.6. The molecule has 9 nitrogen and oxygen atoms in total. The Morgan fingerprint density at radius 1 is 0.444 bits per heavy atom. The number of aliphatic carboxylic acids is 4. The van der Waals surface area contributed by atoms with Crippen LogP contribution < -0.4 is 0 Å². The van der Waals surface area contributed by atoms with Crippen LogP contribution in [0, 0.1) is 27.7 Å². The van der Waals surface area contributed by atoms with Crippen LogP contribution in [0.15, 0.2) is 97.1 Å². The first-order chi connectivity index (χ1) is 21.2. The molecule has 0 bridgehead atoms. The molecule has 4 N–H and O–H groups in total. The van der Waals surface area contributed by atoms with Crippen molar-refractivity contribution in [2.45, 2.75) is 49.7 Å². The molecule has 1 aliphatic rings. The van der Waals surface area contributed by atoms with Gasteiger partial charge in [0.05, 0.1) is 0 Å². The van der Waals surface area contributed by atoms with Gasteiger partial charge in [-0.2, -0.15) is 0 Å². The summed E-state index contributed by atoms with van der Waals surface area (Å²) in [4.78, 5) is 56.9. The summed E-state index contributed by atoms with van der Waals surface area (Å²) >= 11 is 0. The van der Waals surface area contributed by atoms with Gasteiger partial charge in [-0.05, 0) is 49.9 Å². The third kappa shape index (κ3) is 3.90. The van der Waals surface area contributed by atoms with Gasteiger partial charge in [0.2, 0.25) is 11.2 Å². The molecule has 4 atom stereocenters. The van der Waals surface area contributed by atoms with Crippen LogP contribution in [0.25, 0.3) is 0 Å². The van der Waals surface area contributed by atoms with Crippen LogP contribution >= 0.6 is 0 Å². The minimum absolute atomic E-state index is 0.229. The lowest BCUT2D eigenvalue weighted by atomic mass is 9.45. The van der Waals surface area contributed by atoms with Gasteiger partial charge < -0.3 is 25.2 Å². The molecule has 1 aliphatic heterocycles. The predicted molar refractivity (Wildman–Crippen MR) is 163 cm³/mol. The molecular weight excluding hydrogens is 576 g/mol. The molecule has 0 amide bonds. The smallest absolute Gasteiger partial charge is 0.342 e. The maximum Gasteiger partial charge on any atom is 0.342 e. The van der Waals surface area contributed by atoms with Crippen LogP contribution in [-0.4, -0.2) is 44.3 Å². The van der Waals surface area contributed by atoms with Crippen LogP contribution in [-0.2, 0) is 45.9 Å². The normalized spacial score (nSPS) is 25.9. The second-order valence-corrected chi connectivity index (χ2v) is 11.7. The van der Waals surface area contributed by atoms with E-state index in [0.717, 1.165) is 0 Å². The molecule has 45 heavy (non-hydrogen) atoms. The van der Waals surface area contributed by atoms with E-state index < -0.39 is 45.9 Å². The van der Waals surface area contributed by atoms with Crippen molar-refractivity contribution >= 4 is 23.9 Å². The molecule has 0 aromatic heterocycles. The molecular formula is C36H32O9. The predicted octanol–water partition coefficient (Wildman–Crippen LogP) is 5.26. The minimum Gasteiger partial charge on any atom is -0.480 e. The van der Waals surface area contributed by atoms with Crippen molar-refractivity contribution in [3.8, 4) is 0 Å². The van der Waals surface area contributed by atoms with Crippen molar-refractivity contribution in [3.63, 3.8) is 0 Å². The largest absolute Gasteiger partial charge is 0.480 e. The van der Waals surface area contributed by atoms with Crippen LogP contribution in [0.1, 0.15) is 44.5 Å². The van der Waals surface area contributed by atoms with Gasteiger partial charge in [-0.3, -0.25) is 9.59 Å². The Kier molecular flexibility index (Phi) is 7.41. The lowest BCUT2D eigenvalue weighted by Gasteiger charge is -2.48. The number of carbonyl (C=O) groups is 4. The second-order valence-electron chi connectivity index (χ2n) is 11.7. The summed E-state index contributed by atoms with van der Waals surface area (Å²) in [6.07, 6.45) is 0. The Hall–Kier alpha value is -5.28. The number of carboxylic acids is 4. The van der Waals surface area contributed by atoms with Crippen molar-refractivity contribution in [1.29, 1.82) is 0 Å². The molecule has 1 saturated heterocycles. The third-order valence-electron chi connectivity index (χ3n) is 8.92. The highest BCUT2D eigenvalue weighted by Gasteiger charge is 2.91. The molecule has 0 radical (unpaired) electrons. The van der Waals surface area contributed by atoms with Crippen molar-refractivity contribution < 1.29 is 44.3 Å². The Morgan fingerprint density at radius 3 is 0.956 bits per heavy atom. The van der Waals surface area contributed by atoms with Crippen molar-refractivity contribution in [2.75, 3.05) is 0 Å². The summed E-state index contributed by atoms with van der Waals surface area (Å²) in [5, 5.41) is 46.1. The van der Waals surface area contributed by atoms with Gasteiger partial charge in [0.25, 0.3) is 0 Å². The molecule has 9 heteroatoms. The lowest BCUT2D eigenvalue weighted by molar-refractivity contribution is -0.200. The van der Waals surface area contributed by atoms with Gasteiger partial charge in [0.1, 0.15) is 0 Å². The molecule has 4 unspecified atom stereocenters. The first-order valence-electron chi connectivity index (χ1n) is 14.2. The third-order valence-corrected chi connectivity index (χ3v) is 8.92. The van der Waals surface area contributed by atoms with E-state index in [-0.39, 0.29) is 22.3 Å². The monoisotopic (exact) mass is 608 g/mol. The van der Waals surface area contributed by atoms with E-state index in [1.807, 2.05) is 0 Å².